The Morgan fingerprint density at radius 2 is 1.78 bits per heavy atom. The van der Waals surface area contributed by atoms with Gasteiger partial charge in [-0.25, -0.2) is 4.39 Å². The van der Waals surface area contributed by atoms with Crippen LogP contribution in [-0.4, -0.2) is 54.7 Å². The Morgan fingerprint density at radius 1 is 1.11 bits per heavy atom. The zero-order valence-corrected chi connectivity index (χ0v) is 15.6. The first-order valence-corrected chi connectivity index (χ1v) is 9.34. The number of benzene rings is 2. The molecule has 27 heavy (non-hydrogen) atoms. The number of halogens is 1. The second-order valence-electron chi connectivity index (χ2n) is 6.86. The van der Waals surface area contributed by atoms with Gasteiger partial charge in [-0.3, -0.25) is 9.69 Å². The summed E-state index contributed by atoms with van der Waals surface area (Å²) in [4.78, 5) is 16.7. The van der Waals surface area contributed by atoms with Crippen LogP contribution < -0.4 is 10.2 Å². The van der Waals surface area contributed by atoms with Crippen LogP contribution in [-0.2, 0) is 11.2 Å². The number of piperazine rings is 1. The van der Waals surface area contributed by atoms with Crippen molar-refractivity contribution in [3.63, 3.8) is 0 Å². The minimum Gasteiger partial charge on any atom is -0.506 e. The predicted octanol–water partition coefficient (Wildman–Crippen LogP) is 2.40. The Bertz CT molecular complexity index is 758. The number of amides is 1. The monoisotopic (exact) mass is 371 g/mol. The second kappa shape index (κ2) is 8.86. The quantitative estimate of drug-likeness (QED) is 0.819. The summed E-state index contributed by atoms with van der Waals surface area (Å²) in [5, 5.41) is 13.0. The van der Waals surface area contributed by atoms with Crippen LogP contribution in [0.15, 0.2) is 48.5 Å². The van der Waals surface area contributed by atoms with Gasteiger partial charge < -0.3 is 15.3 Å². The van der Waals surface area contributed by atoms with Gasteiger partial charge >= 0.3 is 0 Å². The summed E-state index contributed by atoms with van der Waals surface area (Å²) in [5.74, 6) is 0.0463. The molecule has 0 spiro atoms. The molecule has 1 unspecified atom stereocenters. The molecule has 1 fully saturated rings. The van der Waals surface area contributed by atoms with Crippen LogP contribution in [0.3, 0.4) is 0 Å². The van der Waals surface area contributed by atoms with Crippen molar-refractivity contribution in [1.29, 1.82) is 0 Å². The number of hydrogen-bond acceptors (Lipinski definition) is 4. The molecule has 144 valence electrons. The molecule has 1 heterocycles. The third kappa shape index (κ3) is 4.98. The van der Waals surface area contributed by atoms with Crippen LogP contribution in [0.4, 0.5) is 10.1 Å². The summed E-state index contributed by atoms with van der Waals surface area (Å²) in [6.07, 6.45) is 0.680. The number of aromatic hydroxyl groups is 1. The lowest BCUT2D eigenvalue weighted by molar-refractivity contribution is -0.125. The largest absolute Gasteiger partial charge is 0.506 e. The summed E-state index contributed by atoms with van der Waals surface area (Å²) >= 11 is 0. The Hall–Kier alpha value is -2.60. The molecule has 0 radical (unpaired) electrons. The Labute approximate surface area is 159 Å². The highest BCUT2D eigenvalue weighted by Gasteiger charge is 2.26. The highest BCUT2D eigenvalue weighted by atomic mass is 19.1. The van der Waals surface area contributed by atoms with Crippen LogP contribution in [0.2, 0.25) is 0 Å². The average molecular weight is 371 g/mol. The van der Waals surface area contributed by atoms with Crippen LogP contribution in [0, 0.1) is 5.82 Å². The van der Waals surface area contributed by atoms with Gasteiger partial charge in [0.15, 0.2) is 0 Å². The maximum absolute atomic E-state index is 12.9. The molecule has 3 rings (SSSR count). The average Bonchev–Trinajstić information content (AvgIpc) is 2.69. The van der Waals surface area contributed by atoms with E-state index in [4.69, 9.17) is 0 Å². The molecule has 1 amide bonds. The molecule has 0 saturated carbocycles. The van der Waals surface area contributed by atoms with E-state index < -0.39 is 0 Å². The van der Waals surface area contributed by atoms with Gasteiger partial charge in [-0.1, -0.05) is 24.3 Å². The van der Waals surface area contributed by atoms with Gasteiger partial charge in [-0.05, 0) is 43.2 Å². The minimum absolute atomic E-state index is 0.00752. The topological polar surface area (TPSA) is 55.8 Å². The number of anilines is 1. The van der Waals surface area contributed by atoms with Crippen molar-refractivity contribution < 1.29 is 14.3 Å². The van der Waals surface area contributed by atoms with Gasteiger partial charge in [-0.15, -0.1) is 0 Å². The number of rotatable bonds is 6. The number of phenolic OH excluding ortho intramolecular Hbond substituents is 1. The first-order valence-electron chi connectivity index (χ1n) is 9.34. The highest BCUT2D eigenvalue weighted by Crippen LogP contribution is 2.27. The van der Waals surface area contributed by atoms with E-state index in [-0.39, 0.29) is 23.5 Å². The Kier molecular flexibility index (Phi) is 6.29. The van der Waals surface area contributed by atoms with E-state index in [2.05, 4.69) is 15.1 Å². The van der Waals surface area contributed by atoms with Gasteiger partial charge in [0.25, 0.3) is 0 Å². The van der Waals surface area contributed by atoms with Gasteiger partial charge in [-0.2, -0.15) is 0 Å². The van der Waals surface area contributed by atoms with E-state index in [1.807, 2.05) is 25.1 Å². The van der Waals surface area contributed by atoms with Crippen LogP contribution in [0.1, 0.15) is 12.5 Å². The lowest BCUT2D eigenvalue weighted by Gasteiger charge is -2.38. The van der Waals surface area contributed by atoms with E-state index in [0.29, 0.717) is 13.0 Å². The lowest BCUT2D eigenvalue weighted by atomic mass is 10.1. The molecular weight excluding hydrogens is 345 g/mol. The van der Waals surface area contributed by atoms with Crippen LogP contribution in [0.5, 0.6) is 5.75 Å². The Morgan fingerprint density at radius 3 is 2.44 bits per heavy atom. The van der Waals surface area contributed by atoms with Gasteiger partial charge in [0.2, 0.25) is 5.91 Å². The summed E-state index contributed by atoms with van der Waals surface area (Å²) in [6.45, 7) is 5.52. The maximum atomic E-state index is 12.9. The molecule has 1 atom stereocenters. The normalized spacial score (nSPS) is 16.1. The standard InChI is InChI=1S/C21H26FN3O2/c1-16(21(27)23-11-10-17-6-8-18(22)9-7-17)24-12-14-25(15-13-24)19-4-2-3-5-20(19)26/h2-9,16,26H,10-15H2,1H3,(H,23,27). The fraction of sp³-hybridized carbons (Fsp3) is 0.381. The van der Waals surface area contributed by atoms with Crippen molar-refractivity contribution in [3.05, 3.63) is 59.9 Å². The van der Waals surface area contributed by atoms with Gasteiger partial charge in [0.1, 0.15) is 11.6 Å². The molecule has 0 aliphatic carbocycles. The van der Waals surface area contributed by atoms with Crippen molar-refractivity contribution in [1.82, 2.24) is 10.2 Å². The van der Waals surface area contributed by atoms with Crippen LogP contribution in [0.25, 0.3) is 0 Å². The zero-order valence-electron chi connectivity index (χ0n) is 15.6. The first kappa shape index (κ1) is 19.2. The maximum Gasteiger partial charge on any atom is 0.237 e. The van der Waals surface area contributed by atoms with E-state index in [1.54, 1.807) is 18.2 Å². The first-order chi connectivity index (χ1) is 13.0. The molecule has 1 saturated heterocycles. The van der Waals surface area contributed by atoms with Gasteiger partial charge in [0.05, 0.1) is 11.7 Å². The molecule has 6 heteroatoms. The fourth-order valence-corrected chi connectivity index (χ4v) is 3.38. The molecule has 2 aromatic carbocycles. The van der Waals surface area contributed by atoms with Crippen molar-refractivity contribution in [2.75, 3.05) is 37.6 Å². The van der Waals surface area contributed by atoms with E-state index in [0.717, 1.165) is 37.4 Å². The predicted molar refractivity (Wildman–Crippen MR) is 104 cm³/mol. The lowest BCUT2D eigenvalue weighted by Crippen LogP contribution is -2.54. The van der Waals surface area contributed by atoms with E-state index >= 15 is 0 Å². The second-order valence-corrected chi connectivity index (χ2v) is 6.86. The number of hydrogen-bond donors (Lipinski definition) is 2. The van der Waals surface area contributed by atoms with Crippen LogP contribution >= 0.6 is 0 Å². The number of carbonyl (C=O) groups is 1. The molecule has 2 aromatic rings. The number of nitrogens with zero attached hydrogens (tertiary/aromatic N) is 2. The van der Waals surface area contributed by atoms with Crippen molar-refractivity contribution in [2.45, 2.75) is 19.4 Å². The third-order valence-corrected chi connectivity index (χ3v) is 5.09. The smallest absolute Gasteiger partial charge is 0.237 e. The molecule has 1 aliphatic rings. The zero-order chi connectivity index (χ0) is 19.2. The molecule has 5 nitrogen and oxygen atoms in total. The highest BCUT2D eigenvalue weighted by molar-refractivity contribution is 5.81. The minimum atomic E-state index is -0.251. The summed E-state index contributed by atoms with van der Waals surface area (Å²) in [6, 6.07) is 13.5. The van der Waals surface area contributed by atoms with Crippen molar-refractivity contribution in [2.24, 2.45) is 0 Å². The van der Waals surface area contributed by atoms with Crippen molar-refractivity contribution >= 4 is 11.6 Å². The summed E-state index contributed by atoms with van der Waals surface area (Å²) in [7, 11) is 0. The fourth-order valence-electron chi connectivity index (χ4n) is 3.38. The number of carbonyl (C=O) groups excluding carboxylic acids is 1. The molecule has 0 bridgehead atoms. The third-order valence-electron chi connectivity index (χ3n) is 5.09. The number of nitrogens with one attached hydrogen (secondary N) is 1. The van der Waals surface area contributed by atoms with Gasteiger partial charge in [0, 0.05) is 32.7 Å². The number of para-hydroxylation sites is 2. The molecule has 1 aliphatic heterocycles. The summed E-state index contributed by atoms with van der Waals surface area (Å²) < 4.78 is 12.9. The molecule has 0 aromatic heterocycles. The SMILES string of the molecule is CC(C(=O)NCCc1ccc(F)cc1)N1CCN(c2ccccc2O)CC1. The van der Waals surface area contributed by atoms with E-state index in [1.165, 1.54) is 12.1 Å². The van der Waals surface area contributed by atoms with Crippen molar-refractivity contribution in [3.8, 4) is 5.75 Å². The Balaban J connectivity index is 1.44. The number of phenols is 1. The van der Waals surface area contributed by atoms with E-state index in [9.17, 15) is 14.3 Å². The summed E-state index contributed by atoms with van der Waals surface area (Å²) in [5.41, 5.74) is 1.84. The molecule has 2 N–H and O–H groups in total. The molecular formula is C21H26FN3O2.